The Bertz CT molecular complexity index is 674. The number of imidazole rings is 1. The molecule has 3 aromatic heterocycles. The number of aromatic nitrogens is 4. The molecular weight excluding hydrogens is 226 g/mol. The Morgan fingerprint density at radius 3 is 3.06 bits per heavy atom. The molecule has 0 spiro atoms. The number of nitrogens with one attached hydrogen (secondary N) is 1. The van der Waals surface area contributed by atoms with Crippen LogP contribution in [0.15, 0.2) is 43.0 Å². The van der Waals surface area contributed by atoms with Crippen molar-refractivity contribution >= 4 is 11.5 Å². The summed E-state index contributed by atoms with van der Waals surface area (Å²) in [6.07, 6.45) is 5.29. The van der Waals surface area contributed by atoms with E-state index in [9.17, 15) is 0 Å². The molecule has 0 bridgehead atoms. The summed E-state index contributed by atoms with van der Waals surface area (Å²) in [5.74, 6) is 0.833. The average molecular weight is 239 g/mol. The van der Waals surface area contributed by atoms with Crippen molar-refractivity contribution in [3.8, 4) is 11.4 Å². The maximum Gasteiger partial charge on any atom is 0.137 e. The van der Waals surface area contributed by atoms with Gasteiger partial charge in [0.25, 0.3) is 0 Å². The van der Waals surface area contributed by atoms with Crippen molar-refractivity contribution < 1.29 is 0 Å². The summed E-state index contributed by atoms with van der Waals surface area (Å²) < 4.78 is 2.01. The normalized spacial score (nSPS) is 10.7. The van der Waals surface area contributed by atoms with Gasteiger partial charge in [-0.3, -0.25) is 4.40 Å². The molecule has 1 N–H and O–H groups in total. The first-order chi connectivity index (χ1) is 8.88. The monoisotopic (exact) mass is 239 g/mol. The van der Waals surface area contributed by atoms with Gasteiger partial charge in [0.05, 0.1) is 11.4 Å². The van der Waals surface area contributed by atoms with E-state index in [1.54, 1.807) is 12.5 Å². The van der Waals surface area contributed by atoms with Gasteiger partial charge in [0, 0.05) is 25.0 Å². The number of nitrogens with zero attached hydrogens (tertiary/aromatic N) is 4. The van der Waals surface area contributed by atoms with Crippen molar-refractivity contribution in [2.75, 3.05) is 11.9 Å². The molecule has 0 amide bonds. The molecule has 0 aliphatic rings. The van der Waals surface area contributed by atoms with Crippen molar-refractivity contribution in [1.82, 2.24) is 19.4 Å². The van der Waals surface area contributed by atoms with Crippen molar-refractivity contribution in [1.29, 1.82) is 0 Å². The SMILES string of the molecule is CCNc1cc(-c2cccc3nccn23)ncn1. The number of pyridine rings is 1. The van der Waals surface area contributed by atoms with Crippen LogP contribution in [0.1, 0.15) is 6.92 Å². The van der Waals surface area contributed by atoms with Crippen LogP contribution in [-0.4, -0.2) is 25.9 Å². The third-order valence-corrected chi connectivity index (χ3v) is 2.72. The Labute approximate surface area is 105 Å². The van der Waals surface area contributed by atoms with Gasteiger partial charge in [-0.05, 0) is 19.1 Å². The second-order valence-electron chi connectivity index (χ2n) is 3.89. The van der Waals surface area contributed by atoms with E-state index in [1.807, 2.05) is 41.8 Å². The fourth-order valence-electron chi connectivity index (χ4n) is 1.93. The van der Waals surface area contributed by atoms with Crippen LogP contribution in [-0.2, 0) is 0 Å². The first kappa shape index (κ1) is 10.7. The van der Waals surface area contributed by atoms with Gasteiger partial charge in [0.1, 0.15) is 17.8 Å². The molecular formula is C13H13N5. The number of hydrogen-bond donors (Lipinski definition) is 1. The highest BCUT2D eigenvalue weighted by atomic mass is 15.0. The molecule has 0 aliphatic carbocycles. The summed E-state index contributed by atoms with van der Waals surface area (Å²) in [4.78, 5) is 12.8. The minimum atomic E-state index is 0.833. The summed E-state index contributed by atoms with van der Waals surface area (Å²) in [5.41, 5.74) is 2.80. The first-order valence-electron chi connectivity index (χ1n) is 5.87. The van der Waals surface area contributed by atoms with Crippen LogP contribution >= 0.6 is 0 Å². The summed E-state index contributed by atoms with van der Waals surface area (Å²) in [5, 5.41) is 3.18. The lowest BCUT2D eigenvalue weighted by atomic mass is 10.2. The van der Waals surface area contributed by atoms with Crippen molar-refractivity contribution in [3.05, 3.63) is 43.0 Å². The zero-order valence-corrected chi connectivity index (χ0v) is 10.0. The van der Waals surface area contributed by atoms with Crippen molar-refractivity contribution in [3.63, 3.8) is 0 Å². The molecule has 3 rings (SSSR count). The van der Waals surface area contributed by atoms with Crippen LogP contribution in [0.3, 0.4) is 0 Å². The number of hydrogen-bond acceptors (Lipinski definition) is 4. The molecule has 5 heteroatoms. The quantitative estimate of drug-likeness (QED) is 0.761. The highest BCUT2D eigenvalue weighted by Crippen LogP contribution is 2.19. The maximum absolute atomic E-state index is 4.32. The molecule has 0 saturated carbocycles. The fourth-order valence-corrected chi connectivity index (χ4v) is 1.93. The second-order valence-corrected chi connectivity index (χ2v) is 3.89. The molecule has 3 aromatic rings. The number of rotatable bonds is 3. The topological polar surface area (TPSA) is 55.1 Å². The van der Waals surface area contributed by atoms with E-state index in [1.165, 1.54) is 0 Å². The molecule has 0 saturated heterocycles. The highest BCUT2D eigenvalue weighted by molar-refractivity contribution is 5.62. The second kappa shape index (κ2) is 4.44. The van der Waals surface area contributed by atoms with Gasteiger partial charge in [0.15, 0.2) is 0 Å². The van der Waals surface area contributed by atoms with Crippen LogP contribution in [0.5, 0.6) is 0 Å². The van der Waals surface area contributed by atoms with Crippen LogP contribution < -0.4 is 5.32 Å². The summed E-state index contributed by atoms with van der Waals surface area (Å²) in [6, 6.07) is 7.91. The molecule has 5 nitrogen and oxygen atoms in total. The summed E-state index contributed by atoms with van der Waals surface area (Å²) >= 11 is 0. The number of anilines is 1. The first-order valence-corrected chi connectivity index (χ1v) is 5.87. The van der Waals surface area contributed by atoms with E-state index >= 15 is 0 Å². The predicted molar refractivity (Wildman–Crippen MR) is 70.4 cm³/mol. The van der Waals surface area contributed by atoms with E-state index < -0.39 is 0 Å². The lowest BCUT2D eigenvalue weighted by molar-refractivity contribution is 1.09. The van der Waals surface area contributed by atoms with Crippen LogP contribution in [0.2, 0.25) is 0 Å². The Balaban J connectivity index is 2.13. The molecule has 0 radical (unpaired) electrons. The van der Waals surface area contributed by atoms with Crippen LogP contribution in [0.4, 0.5) is 5.82 Å². The molecule has 0 fully saturated rings. The molecule has 18 heavy (non-hydrogen) atoms. The minimum Gasteiger partial charge on any atom is -0.370 e. The maximum atomic E-state index is 4.32. The third kappa shape index (κ3) is 1.79. The molecule has 0 unspecified atom stereocenters. The lowest BCUT2D eigenvalue weighted by Crippen LogP contribution is -2.01. The van der Waals surface area contributed by atoms with Crippen molar-refractivity contribution in [2.45, 2.75) is 6.92 Å². The molecule has 0 aromatic carbocycles. The Morgan fingerprint density at radius 2 is 2.17 bits per heavy atom. The van der Waals surface area contributed by atoms with Crippen molar-refractivity contribution in [2.24, 2.45) is 0 Å². The Hall–Kier alpha value is -2.43. The van der Waals surface area contributed by atoms with Crippen LogP contribution in [0.25, 0.3) is 17.0 Å². The molecule has 3 heterocycles. The Kier molecular flexibility index (Phi) is 2.64. The smallest absolute Gasteiger partial charge is 0.137 e. The van der Waals surface area contributed by atoms with Gasteiger partial charge in [-0.2, -0.15) is 0 Å². The minimum absolute atomic E-state index is 0.833. The summed E-state index contributed by atoms with van der Waals surface area (Å²) in [7, 11) is 0. The van der Waals surface area contributed by atoms with Gasteiger partial charge in [0.2, 0.25) is 0 Å². The molecule has 0 aliphatic heterocycles. The van der Waals surface area contributed by atoms with E-state index in [0.29, 0.717) is 0 Å². The Morgan fingerprint density at radius 1 is 1.22 bits per heavy atom. The van der Waals surface area contributed by atoms with E-state index in [4.69, 9.17) is 0 Å². The van der Waals surface area contributed by atoms with Gasteiger partial charge in [-0.15, -0.1) is 0 Å². The van der Waals surface area contributed by atoms with Gasteiger partial charge < -0.3 is 5.32 Å². The zero-order valence-electron chi connectivity index (χ0n) is 10.0. The van der Waals surface area contributed by atoms with E-state index in [-0.39, 0.29) is 0 Å². The number of fused-ring (bicyclic) bond motifs is 1. The van der Waals surface area contributed by atoms with Crippen LogP contribution in [0, 0.1) is 0 Å². The van der Waals surface area contributed by atoms with Gasteiger partial charge in [-0.25, -0.2) is 15.0 Å². The summed E-state index contributed by atoms with van der Waals surface area (Å²) in [6.45, 7) is 2.88. The molecule has 0 atom stereocenters. The van der Waals surface area contributed by atoms with Gasteiger partial charge >= 0.3 is 0 Å². The van der Waals surface area contributed by atoms with E-state index in [2.05, 4.69) is 20.3 Å². The predicted octanol–water partition coefficient (Wildman–Crippen LogP) is 2.22. The largest absolute Gasteiger partial charge is 0.370 e. The lowest BCUT2D eigenvalue weighted by Gasteiger charge is -2.06. The third-order valence-electron chi connectivity index (χ3n) is 2.72. The molecule has 90 valence electrons. The fraction of sp³-hybridized carbons (Fsp3) is 0.154. The van der Waals surface area contributed by atoms with Gasteiger partial charge in [-0.1, -0.05) is 6.07 Å². The highest BCUT2D eigenvalue weighted by Gasteiger charge is 2.05. The standard InChI is InChI=1S/C13H13N5/c1-2-14-12-8-10(16-9-17-12)11-4-3-5-13-15-6-7-18(11)13/h3-9H,2H2,1H3,(H,14,16,17). The average Bonchev–Trinajstić information content (AvgIpc) is 2.87. The zero-order chi connectivity index (χ0) is 12.4. The van der Waals surface area contributed by atoms with E-state index in [0.717, 1.165) is 29.4 Å².